The van der Waals surface area contributed by atoms with Crippen LogP contribution in [-0.4, -0.2) is 11.0 Å². The predicted octanol–water partition coefficient (Wildman–Crippen LogP) is 4.11. The van der Waals surface area contributed by atoms with Crippen LogP contribution >= 0.6 is 22.6 Å². The van der Waals surface area contributed by atoms with Gasteiger partial charge in [0.25, 0.3) is 0 Å². The fourth-order valence-electron chi connectivity index (χ4n) is 1.60. The average molecular weight is 331 g/mol. The summed E-state index contributed by atoms with van der Waals surface area (Å²) >= 11 is 2.43. The van der Waals surface area contributed by atoms with E-state index in [2.05, 4.69) is 66.0 Å². The molecule has 0 amide bonds. The maximum atomic E-state index is 3.48. The molecule has 0 heterocycles. The number of nitrogens with one attached hydrogen (secondary N) is 1. The molecule has 0 aliphatic carbocycles. The molecule has 16 heavy (non-hydrogen) atoms. The predicted molar refractivity (Wildman–Crippen MR) is 80.4 cm³/mol. The van der Waals surface area contributed by atoms with Gasteiger partial charge in [-0.25, -0.2) is 0 Å². The third-order valence-corrected chi connectivity index (χ3v) is 3.48. The first-order chi connectivity index (χ1) is 7.74. The molecule has 0 unspecified atom stereocenters. The summed E-state index contributed by atoms with van der Waals surface area (Å²) in [7, 11) is 0. The number of hydrogen-bond donors (Lipinski definition) is 1. The van der Waals surface area contributed by atoms with Gasteiger partial charge in [0, 0.05) is 6.54 Å². The van der Waals surface area contributed by atoms with Crippen molar-refractivity contribution in [2.45, 2.75) is 39.2 Å². The van der Waals surface area contributed by atoms with Crippen molar-refractivity contribution in [1.29, 1.82) is 0 Å². The second-order valence-electron chi connectivity index (χ2n) is 4.47. The van der Waals surface area contributed by atoms with E-state index in [4.69, 9.17) is 0 Å². The molecule has 0 fully saturated rings. The summed E-state index contributed by atoms with van der Waals surface area (Å²) in [6, 6.07) is 8.96. The van der Waals surface area contributed by atoms with Crippen LogP contribution in [0.1, 0.15) is 43.7 Å². The van der Waals surface area contributed by atoms with Gasteiger partial charge in [-0.05, 0) is 40.9 Å². The first-order valence-corrected chi connectivity index (χ1v) is 7.62. The molecule has 0 aliphatic rings. The lowest BCUT2D eigenvalue weighted by atomic mass is 10.0. The van der Waals surface area contributed by atoms with Gasteiger partial charge in [0.15, 0.2) is 0 Å². The van der Waals surface area contributed by atoms with Crippen LogP contribution in [0.4, 0.5) is 0 Å². The van der Waals surface area contributed by atoms with Crippen molar-refractivity contribution in [1.82, 2.24) is 5.32 Å². The van der Waals surface area contributed by atoms with E-state index in [1.165, 1.54) is 28.4 Å². The summed E-state index contributed by atoms with van der Waals surface area (Å²) in [6.07, 6.45) is 2.60. The Morgan fingerprint density at radius 3 is 2.38 bits per heavy atom. The van der Waals surface area contributed by atoms with E-state index in [0.717, 1.165) is 13.1 Å². The molecule has 0 radical (unpaired) electrons. The quantitative estimate of drug-likeness (QED) is 0.450. The highest BCUT2D eigenvalue weighted by Crippen LogP contribution is 2.14. The molecule has 0 saturated carbocycles. The largest absolute Gasteiger partial charge is 0.313 e. The standard InChI is InChI=1S/C14H22IN/c1-12(2)14-7-5-13(6-8-14)11-16-10-4-3-9-15/h5-8,12,16H,3-4,9-11H2,1-2H3. The SMILES string of the molecule is CC(C)c1ccc(CNCCCCI)cc1. The number of alkyl halides is 1. The Morgan fingerprint density at radius 1 is 1.12 bits per heavy atom. The van der Waals surface area contributed by atoms with Gasteiger partial charge < -0.3 is 5.32 Å². The first-order valence-electron chi connectivity index (χ1n) is 6.09. The molecule has 0 aromatic heterocycles. The zero-order valence-corrected chi connectivity index (χ0v) is 12.5. The summed E-state index contributed by atoms with van der Waals surface area (Å²) < 4.78 is 1.27. The smallest absolute Gasteiger partial charge is 0.0205 e. The van der Waals surface area contributed by atoms with E-state index < -0.39 is 0 Å². The van der Waals surface area contributed by atoms with E-state index >= 15 is 0 Å². The van der Waals surface area contributed by atoms with Gasteiger partial charge in [-0.1, -0.05) is 60.7 Å². The lowest BCUT2D eigenvalue weighted by molar-refractivity contribution is 0.645. The maximum Gasteiger partial charge on any atom is 0.0205 e. The molecule has 1 aromatic carbocycles. The molecule has 0 spiro atoms. The van der Waals surface area contributed by atoms with Crippen LogP contribution in [0.15, 0.2) is 24.3 Å². The highest BCUT2D eigenvalue weighted by molar-refractivity contribution is 14.1. The zero-order chi connectivity index (χ0) is 11.8. The Labute approximate surface area is 113 Å². The minimum atomic E-state index is 0.630. The second kappa shape index (κ2) is 8.07. The molecular weight excluding hydrogens is 309 g/mol. The molecule has 2 heteroatoms. The van der Waals surface area contributed by atoms with Crippen LogP contribution in [0.25, 0.3) is 0 Å². The van der Waals surface area contributed by atoms with Gasteiger partial charge in [-0.3, -0.25) is 0 Å². The Hall–Kier alpha value is -0.0900. The van der Waals surface area contributed by atoms with Crippen molar-refractivity contribution < 1.29 is 0 Å². The average Bonchev–Trinajstić information content (AvgIpc) is 2.29. The van der Waals surface area contributed by atoms with Crippen molar-refractivity contribution in [2.24, 2.45) is 0 Å². The summed E-state index contributed by atoms with van der Waals surface area (Å²) in [4.78, 5) is 0. The van der Waals surface area contributed by atoms with Crippen molar-refractivity contribution in [2.75, 3.05) is 11.0 Å². The zero-order valence-electron chi connectivity index (χ0n) is 10.3. The van der Waals surface area contributed by atoms with Gasteiger partial charge in [-0.2, -0.15) is 0 Å². The summed E-state index contributed by atoms with van der Waals surface area (Å²) in [5.41, 5.74) is 2.81. The second-order valence-corrected chi connectivity index (χ2v) is 5.55. The van der Waals surface area contributed by atoms with Gasteiger partial charge in [0.05, 0.1) is 0 Å². The topological polar surface area (TPSA) is 12.0 Å². The summed E-state index contributed by atoms with van der Waals surface area (Å²) in [5, 5.41) is 3.48. The number of hydrogen-bond acceptors (Lipinski definition) is 1. The number of halogens is 1. The van der Waals surface area contributed by atoms with Crippen molar-refractivity contribution >= 4 is 22.6 Å². The first kappa shape index (κ1) is 14.0. The van der Waals surface area contributed by atoms with Crippen LogP contribution in [0.5, 0.6) is 0 Å². The van der Waals surface area contributed by atoms with Crippen LogP contribution in [0.2, 0.25) is 0 Å². The minimum Gasteiger partial charge on any atom is -0.313 e. The molecule has 1 nitrogen and oxygen atoms in total. The third-order valence-electron chi connectivity index (χ3n) is 2.71. The van der Waals surface area contributed by atoms with Gasteiger partial charge in [-0.15, -0.1) is 0 Å². The van der Waals surface area contributed by atoms with Crippen LogP contribution in [0.3, 0.4) is 0 Å². The molecule has 90 valence electrons. The number of benzene rings is 1. The monoisotopic (exact) mass is 331 g/mol. The fraction of sp³-hybridized carbons (Fsp3) is 0.571. The molecule has 1 rings (SSSR count). The minimum absolute atomic E-state index is 0.630. The molecule has 0 saturated heterocycles. The molecule has 0 atom stereocenters. The van der Waals surface area contributed by atoms with E-state index in [0.29, 0.717) is 5.92 Å². The van der Waals surface area contributed by atoms with Crippen LogP contribution in [0, 0.1) is 0 Å². The van der Waals surface area contributed by atoms with Crippen LogP contribution in [-0.2, 0) is 6.54 Å². The van der Waals surface area contributed by atoms with Gasteiger partial charge >= 0.3 is 0 Å². The van der Waals surface area contributed by atoms with Gasteiger partial charge in [0.2, 0.25) is 0 Å². The third kappa shape index (κ3) is 5.30. The van der Waals surface area contributed by atoms with Crippen molar-refractivity contribution in [3.63, 3.8) is 0 Å². The lowest BCUT2D eigenvalue weighted by Gasteiger charge is -2.07. The van der Waals surface area contributed by atoms with E-state index in [1.807, 2.05) is 0 Å². The summed E-state index contributed by atoms with van der Waals surface area (Å²) in [5.74, 6) is 0.630. The normalized spacial score (nSPS) is 11.0. The lowest BCUT2D eigenvalue weighted by Crippen LogP contribution is -2.14. The van der Waals surface area contributed by atoms with E-state index in [-0.39, 0.29) is 0 Å². The van der Waals surface area contributed by atoms with Gasteiger partial charge in [0.1, 0.15) is 0 Å². The molecule has 0 bridgehead atoms. The van der Waals surface area contributed by atoms with Crippen LogP contribution < -0.4 is 5.32 Å². The highest BCUT2D eigenvalue weighted by Gasteiger charge is 1.98. The number of unbranched alkanes of at least 4 members (excludes halogenated alkanes) is 1. The Kier molecular flexibility index (Phi) is 7.05. The van der Waals surface area contributed by atoms with Crippen molar-refractivity contribution in [3.8, 4) is 0 Å². The highest BCUT2D eigenvalue weighted by atomic mass is 127. The maximum absolute atomic E-state index is 3.48. The van der Waals surface area contributed by atoms with E-state index in [9.17, 15) is 0 Å². The molecule has 1 aromatic rings. The fourth-order valence-corrected chi connectivity index (χ4v) is 2.14. The Morgan fingerprint density at radius 2 is 1.81 bits per heavy atom. The summed E-state index contributed by atoms with van der Waals surface area (Å²) in [6.45, 7) is 6.60. The van der Waals surface area contributed by atoms with Crippen molar-refractivity contribution in [3.05, 3.63) is 35.4 Å². The Bertz CT molecular complexity index is 279. The molecule has 0 aliphatic heterocycles. The Balaban J connectivity index is 2.27. The van der Waals surface area contributed by atoms with E-state index in [1.54, 1.807) is 0 Å². The molecular formula is C14H22IN. The number of rotatable bonds is 7. The molecule has 1 N–H and O–H groups in total.